The zero-order chi connectivity index (χ0) is 18.8. The molecular weight excluding hydrogens is 399 g/mol. The molecule has 10 heteroatoms. The highest BCUT2D eigenvalue weighted by Gasteiger charge is 2.09. The monoisotopic (exact) mass is 422 g/mol. The van der Waals surface area contributed by atoms with Gasteiger partial charge in [0.1, 0.15) is 0 Å². The predicted octanol–water partition coefficient (Wildman–Crippen LogP) is 1.97. The molecule has 0 amide bonds. The third-order valence-electron chi connectivity index (χ3n) is 3.38. The van der Waals surface area contributed by atoms with Crippen molar-refractivity contribution in [1.82, 2.24) is 0 Å². The van der Waals surface area contributed by atoms with Crippen LogP contribution in [-0.2, 0) is 0 Å². The van der Waals surface area contributed by atoms with Gasteiger partial charge < -0.3 is 22.9 Å². The fraction of sp³-hybridized carbons (Fsp3) is 0.111. The van der Waals surface area contributed by atoms with Crippen molar-refractivity contribution in [3.8, 4) is 0 Å². The Morgan fingerprint density at radius 1 is 0.536 bits per heavy atom. The number of rotatable bonds is 7. The minimum absolute atomic E-state index is 0. The normalized spacial score (nSPS) is 10.9. The number of hydrogen-bond donors (Lipinski definition) is 4. The minimum atomic E-state index is -0.101. The van der Waals surface area contributed by atoms with Crippen molar-refractivity contribution in [2.24, 2.45) is 43.3 Å². The summed E-state index contributed by atoms with van der Waals surface area (Å²) in [6.45, 7) is 0. The average molecular weight is 423 g/mol. The van der Waals surface area contributed by atoms with Gasteiger partial charge >= 0.3 is 0 Å². The van der Waals surface area contributed by atoms with Crippen LogP contribution in [-0.4, -0.2) is 23.3 Å². The van der Waals surface area contributed by atoms with E-state index in [1.165, 1.54) is 0 Å². The Bertz CT molecular complexity index is 754. The Morgan fingerprint density at radius 2 is 0.857 bits per heavy atom. The SMILES string of the molecule is Cl.Cl.NC(N)=NN=C(CCC(=NN=C(N)N)c1ccccc1)c1ccccc1. The quantitative estimate of drug-likeness (QED) is 0.305. The molecule has 0 saturated heterocycles. The first kappa shape index (κ1) is 24.9. The minimum Gasteiger partial charge on any atom is -0.369 e. The van der Waals surface area contributed by atoms with Crippen LogP contribution in [0.3, 0.4) is 0 Å². The van der Waals surface area contributed by atoms with Crippen LogP contribution in [0.1, 0.15) is 24.0 Å². The molecule has 2 aromatic carbocycles. The van der Waals surface area contributed by atoms with E-state index < -0.39 is 0 Å². The van der Waals surface area contributed by atoms with Crippen molar-refractivity contribution in [2.75, 3.05) is 0 Å². The molecule has 0 saturated carbocycles. The van der Waals surface area contributed by atoms with Gasteiger partial charge in [0, 0.05) is 0 Å². The van der Waals surface area contributed by atoms with Crippen LogP contribution >= 0.6 is 24.8 Å². The molecule has 0 unspecified atom stereocenters. The first-order chi connectivity index (χ1) is 12.6. The smallest absolute Gasteiger partial charge is 0.211 e. The predicted molar refractivity (Wildman–Crippen MR) is 121 cm³/mol. The van der Waals surface area contributed by atoms with Gasteiger partial charge in [-0.15, -0.1) is 35.0 Å². The number of halogens is 2. The van der Waals surface area contributed by atoms with E-state index in [4.69, 9.17) is 22.9 Å². The molecule has 0 heterocycles. The third-order valence-corrected chi connectivity index (χ3v) is 3.38. The largest absolute Gasteiger partial charge is 0.369 e. The van der Waals surface area contributed by atoms with Gasteiger partial charge in [0.25, 0.3) is 0 Å². The first-order valence-corrected chi connectivity index (χ1v) is 7.98. The fourth-order valence-electron chi connectivity index (χ4n) is 2.24. The van der Waals surface area contributed by atoms with Crippen molar-refractivity contribution in [1.29, 1.82) is 0 Å². The van der Waals surface area contributed by atoms with Crippen LogP contribution in [0.2, 0.25) is 0 Å². The Hall–Kier alpha value is -3.10. The van der Waals surface area contributed by atoms with E-state index in [1.807, 2.05) is 60.7 Å². The Morgan fingerprint density at radius 3 is 1.14 bits per heavy atom. The molecule has 0 aliphatic carbocycles. The Labute approximate surface area is 176 Å². The maximum atomic E-state index is 5.40. The van der Waals surface area contributed by atoms with Gasteiger partial charge in [-0.25, -0.2) is 0 Å². The zero-order valence-electron chi connectivity index (χ0n) is 15.1. The van der Waals surface area contributed by atoms with E-state index in [-0.39, 0.29) is 36.7 Å². The lowest BCUT2D eigenvalue weighted by Gasteiger charge is -2.08. The first-order valence-electron chi connectivity index (χ1n) is 7.98. The van der Waals surface area contributed by atoms with E-state index in [0.29, 0.717) is 12.8 Å². The Balaban J connectivity index is 0.00000364. The van der Waals surface area contributed by atoms with Crippen molar-refractivity contribution < 1.29 is 0 Å². The van der Waals surface area contributed by atoms with Gasteiger partial charge in [0.05, 0.1) is 11.4 Å². The van der Waals surface area contributed by atoms with Crippen LogP contribution in [0.15, 0.2) is 81.1 Å². The summed E-state index contributed by atoms with van der Waals surface area (Å²) in [7, 11) is 0. The van der Waals surface area contributed by atoms with Crippen LogP contribution in [0, 0.1) is 0 Å². The molecule has 2 rings (SSSR count). The third kappa shape index (κ3) is 8.52. The van der Waals surface area contributed by atoms with E-state index in [0.717, 1.165) is 22.6 Å². The topological polar surface area (TPSA) is 154 Å². The summed E-state index contributed by atoms with van der Waals surface area (Å²) in [5.41, 5.74) is 24.9. The van der Waals surface area contributed by atoms with Crippen molar-refractivity contribution in [3.05, 3.63) is 71.8 Å². The highest BCUT2D eigenvalue weighted by Crippen LogP contribution is 2.12. The summed E-state index contributed by atoms with van der Waals surface area (Å²) in [4.78, 5) is 0. The van der Waals surface area contributed by atoms with E-state index in [9.17, 15) is 0 Å². The maximum Gasteiger partial charge on any atom is 0.211 e. The molecule has 150 valence electrons. The van der Waals surface area contributed by atoms with E-state index in [1.54, 1.807) is 0 Å². The lowest BCUT2D eigenvalue weighted by atomic mass is 10.0. The lowest BCUT2D eigenvalue weighted by Crippen LogP contribution is -2.22. The summed E-state index contributed by atoms with van der Waals surface area (Å²) < 4.78 is 0. The van der Waals surface area contributed by atoms with Crippen molar-refractivity contribution >= 4 is 48.2 Å². The van der Waals surface area contributed by atoms with Gasteiger partial charge in [0.2, 0.25) is 11.9 Å². The average Bonchev–Trinajstić information content (AvgIpc) is 2.65. The van der Waals surface area contributed by atoms with Gasteiger partial charge in [-0.1, -0.05) is 60.7 Å². The van der Waals surface area contributed by atoms with Crippen LogP contribution < -0.4 is 22.9 Å². The molecular formula is C18H24Cl2N8. The molecule has 8 N–H and O–H groups in total. The van der Waals surface area contributed by atoms with Crippen molar-refractivity contribution in [3.63, 3.8) is 0 Å². The summed E-state index contributed by atoms with van der Waals surface area (Å²) >= 11 is 0. The molecule has 0 atom stereocenters. The molecule has 0 aliphatic heterocycles. The van der Waals surface area contributed by atoms with Gasteiger partial charge in [-0.2, -0.15) is 10.2 Å². The summed E-state index contributed by atoms with van der Waals surface area (Å²) in [6.07, 6.45) is 1.10. The number of benzene rings is 2. The Kier molecular flexibility index (Phi) is 11.7. The second-order valence-electron chi connectivity index (χ2n) is 5.38. The van der Waals surface area contributed by atoms with Crippen LogP contribution in [0.25, 0.3) is 0 Å². The van der Waals surface area contributed by atoms with Gasteiger partial charge in [0.15, 0.2) is 0 Å². The fourth-order valence-corrected chi connectivity index (χ4v) is 2.24. The molecule has 28 heavy (non-hydrogen) atoms. The van der Waals surface area contributed by atoms with E-state index in [2.05, 4.69) is 20.4 Å². The maximum absolute atomic E-state index is 5.40. The van der Waals surface area contributed by atoms with Gasteiger partial charge in [-0.3, -0.25) is 0 Å². The molecule has 0 aromatic heterocycles. The number of nitrogens with two attached hydrogens (primary N) is 4. The molecule has 2 aromatic rings. The zero-order valence-corrected chi connectivity index (χ0v) is 16.7. The summed E-state index contributed by atoms with van der Waals surface area (Å²) in [5, 5.41) is 15.9. The second kappa shape index (κ2) is 13.1. The number of hydrogen-bond acceptors (Lipinski definition) is 4. The van der Waals surface area contributed by atoms with Crippen LogP contribution in [0.4, 0.5) is 0 Å². The number of guanidine groups is 2. The highest BCUT2D eigenvalue weighted by atomic mass is 35.5. The standard InChI is InChI=1S/C18H22N8.2ClH/c19-17(20)25-23-15(13-7-3-1-4-8-13)11-12-16(24-26-18(21)22)14-9-5-2-6-10-14;;/h1-10H,11-12H2,(H4,19,20,25)(H4,21,22,26);2*1H. The second-order valence-corrected chi connectivity index (χ2v) is 5.38. The molecule has 8 nitrogen and oxygen atoms in total. The van der Waals surface area contributed by atoms with Crippen molar-refractivity contribution in [2.45, 2.75) is 12.8 Å². The number of nitrogens with zero attached hydrogens (tertiary/aromatic N) is 4. The molecule has 0 fully saturated rings. The van der Waals surface area contributed by atoms with E-state index >= 15 is 0 Å². The molecule has 0 radical (unpaired) electrons. The molecule has 0 aliphatic rings. The van der Waals surface area contributed by atoms with Crippen LogP contribution in [0.5, 0.6) is 0 Å². The summed E-state index contributed by atoms with van der Waals surface area (Å²) in [6, 6.07) is 19.3. The molecule has 0 bridgehead atoms. The molecule has 0 spiro atoms. The van der Waals surface area contributed by atoms with Gasteiger partial charge in [-0.05, 0) is 24.0 Å². The highest BCUT2D eigenvalue weighted by molar-refractivity contribution is 6.06. The lowest BCUT2D eigenvalue weighted by molar-refractivity contribution is 1.07. The summed E-state index contributed by atoms with van der Waals surface area (Å²) in [5.74, 6) is -0.202.